The maximum atomic E-state index is 12.6. The van der Waals surface area contributed by atoms with Gasteiger partial charge in [-0.15, -0.1) is 0 Å². The first-order valence-corrected chi connectivity index (χ1v) is 16.8. The molecule has 0 heterocycles. The standard InChI is InChI=1S/C34H68O2/c1-5-8-11-14-16-18-19-21-24-27-30-33(29-26-22-13-10-7-3)31-36-34(35)32(4)28-25-23-20-17-15-12-9-6-2/h32-33H,5-31H2,1-4H3. The second-order valence-corrected chi connectivity index (χ2v) is 11.8. The fraction of sp³-hybridized carbons (Fsp3) is 0.971. The van der Waals surface area contributed by atoms with E-state index in [-0.39, 0.29) is 11.9 Å². The molecule has 0 N–H and O–H groups in total. The molecule has 0 bridgehead atoms. The Labute approximate surface area is 228 Å². The third kappa shape index (κ3) is 25.1. The molecule has 0 amide bonds. The summed E-state index contributed by atoms with van der Waals surface area (Å²) in [6.45, 7) is 9.58. The van der Waals surface area contributed by atoms with Gasteiger partial charge in [-0.25, -0.2) is 0 Å². The van der Waals surface area contributed by atoms with E-state index >= 15 is 0 Å². The minimum atomic E-state index is 0.0528. The van der Waals surface area contributed by atoms with E-state index in [0.29, 0.717) is 12.5 Å². The van der Waals surface area contributed by atoms with Crippen LogP contribution in [0, 0.1) is 11.8 Å². The molecule has 0 saturated heterocycles. The van der Waals surface area contributed by atoms with Crippen LogP contribution in [-0.4, -0.2) is 12.6 Å². The van der Waals surface area contributed by atoms with Crippen molar-refractivity contribution in [3.05, 3.63) is 0 Å². The Hall–Kier alpha value is -0.530. The van der Waals surface area contributed by atoms with Gasteiger partial charge >= 0.3 is 5.97 Å². The second-order valence-electron chi connectivity index (χ2n) is 11.8. The van der Waals surface area contributed by atoms with E-state index in [9.17, 15) is 4.79 Å². The van der Waals surface area contributed by atoms with Crippen molar-refractivity contribution < 1.29 is 9.53 Å². The van der Waals surface area contributed by atoms with E-state index in [2.05, 4.69) is 27.7 Å². The zero-order valence-corrected chi connectivity index (χ0v) is 25.6. The molecule has 0 spiro atoms. The van der Waals surface area contributed by atoms with E-state index in [4.69, 9.17) is 4.74 Å². The third-order valence-corrected chi connectivity index (χ3v) is 8.04. The minimum absolute atomic E-state index is 0.0528. The summed E-state index contributed by atoms with van der Waals surface area (Å²) in [5, 5.41) is 0. The molecule has 2 unspecified atom stereocenters. The van der Waals surface area contributed by atoms with Crippen LogP contribution >= 0.6 is 0 Å². The van der Waals surface area contributed by atoms with Crippen molar-refractivity contribution in [2.75, 3.05) is 6.61 Å². The molecule has 0 fully saturated rings. The monoisotopic (exact) mass is 509 g/mol. The number of carbonyl (C=O) groups excluding carboxylic acids is 1. The molecule has 0 aliphatic heterocycles. The molecule has 2 nitrogen and oxygen atoms in total. The van der Waals surface area contributed by atoms with Gasteiger partial charge in [-0.2, -0.15) is 0 Å². The number of carbonyl (C=O) groups is 1. The van der Waals surface area contributed by atoms with Crippen molar-refractivity contribution in [2.45, 2.75) is 195 Å². The summed E-state index contributed by atoms with van der Waals surface area (Å²) < 4.78 is 5.87. The highest BCUT2D eigenvalue weighted by atomic mass is 16.5. The van der Waals surface area contributed by atoms with Crippen LogP contribution in [-0.2, 0) is 9.53 Å². The molecule has 0 rings (SSSR count). The Bertz CT molecular complexity index is 433. The summed E-state index contributed by atoms with van der Waals surface area (Å²) in [6, 6.07) is 0. The predicted octanol–water partition coefficient (Wildman–Crippen LogP) is 12.0. The van der Waals surface area contributed by atoms with Gasteiger partial charge in [-0.05, 0) is 25.2 Å². The average molecular weight is 509 g/mol. The average Bonchev–Trinajstić information content (AvgIpc) is 2.88. The van der Waals surface area contributed by atoms with Gasteiger partial charge in [-0.3, -0.25) is 4.79 Å². The van der Waals surface area contributed by atoms with Crippen molar-refractivity contribution in [1.82, 2.24) is 0 Å². The third-order valence-electron chi connectivity index (χ3n) is 8.04. The number of esters is 1. The summed E-state index contributed by atoms with van der Waals surface area (Å²) in [6.07, 6.45) is 34.6. The fourth-order valence-electron chi connectivity index (χ4n) is 5.31. The van der Waals surface area contributed by atoms with Gasteiger partial charge in [0.05, 0.1) is 12.5 Å². The lowest BCUT2D eigenvalue weighted by Gasteiger charge is -2.19. The molecule has 0 aromatic carbocycles. The minimum Gasteiger partial charge on any atom is -0.465 e. The number of hydrogen-bond acceptors (Lipinski definition) is 2. The molecule has 0 aromatic rings. The van der Waals surface area contributed by atoms with Crippen LogP contribution in [0.1, 0.15) is 195 Å². The quantitative estimate of drug-likeness (QED) is 0.0741. The lowest BCUT2D eigenvalue weighted by molar-refractivity contribution is -0.149. The van der Waals surface area contributed by atoms with E-state index in [0.717, 1.165) is 6.42 Å². The molecule has 0 aromatic heterocycles. The lowest BCUT2D eigenvalue weighted by atomic mass is 9.94. The molecule has 0 radical (unpaired) electrons. The smallest absolute Gasteiger partial charge is 0.308 e. The van der Waals surface area contributed by atoms with Crippen LogP contribution in [0.3, 0.4) is 0 Å². The first-order valence-electron chi connectivity index (χ1n) is 16.8. The van der Waals surface area contributed by atoms with Crippen LogP contribution < -0.4 is 0 Å². The summed E-state index contributed by atoms with van der Waals surface area (Å²) in [5.41, 5.74) is 0. The van der Waals surface area contributed by atoms with Crippen LogP contribution in [0.4, 0.5) is 0 Å². The molecular formula is C34H68O2. The highest BCUT2D eigenvalue weighted by Gasteiger charge is 2.17. The van der Waals surface area contributed by atoms with Crippen LogP contribution in [0.5, 0.6) is 0 Å². The largest absolute Gasteiger partial charge is 0.465 e. The zero-order chi connectivity index (χ0) is 26.5. The van der Waals surface area contributed by atoms with E-state index in [1.807, 2.05) is 0 Å². The zero-order valence-electron chi connectivity index (χ0n) is 25.6. The van der Waals surface area contributed by atoms with Crippen LogP contribution in [0.15, 0.2) is 0 Å². The maximum Gasteiger partial charge on any atom is 0.308 e. The Balaban J connectivity index is 4.05. The molecule has 36 heavy (non-hydrogen) atoms. The maximum absolute atomic E-state index is 12.6. The molecule has 0 aliphatic carbocycles. The van der Waals surface area contributed by atoms with Gasteiger partial charge in [0.25, 0.3) is 0 Å². The van der Waals surface area contributed by atoms with Crippen molar-refractivity contribution in [3.63, 3.8) is 0 Å². The Kier molecular flexibility index (Phi) is 28.6. The second kappa shape index (κ2) is 29.0. The number of rotatable bonds is 29. The van der Waals surface area contributed by atoms with Gasteiger partial charge in [-0.1, -0.05) is 175 Å². The predicted molar refractivity (Wildman–Crippen MR) is 161 cm³/mol. The van der Waals surface area contributed by atoms with E-state index < -0.39 is 0 Å². The Morgan fingerprint density at radius 1 is 0.472 bits per heavy atom. The van der Waals surface area contributed by atoms with Gasteiger partial charge in [0, 0.05) is 0 Å². The molecule has 2 heteroatoms. The normalized spacial score (nSPS) is 13.1. The molecular weight excluding hydrogens is 440 g/mol. The first-order chi connectivity index (χ1) is 17.7. The van der Waals surface area contributed by atoms with Gasteiger partial charge in [0.2, 0.25) is 0 Å². The van der Waals surface area contributed by atoms with Crippen LogP contribution in [0.2, 0.25) is 0 Å². The van der Waals surface area contributed by atoms with Gasteiger partial charge in [0.1, 0.15) is 0 Å². The highest BCUT2D eigenvalue weighted by Crippen LogP contribution is 2.21. The SMILES string of the molecule is CCCCCCCCCCCCC(CCCCCCC)COC(=O)C(C)CCCCCCCCCC. The molecule has 0 aliphatic rings. The lowest BCUT2D eigenvalue weighted by Crippen LogP contribution is -2.20. The summed E-state index contributed by atoms with van der Waals surface area (Å²) in [5.74, 6) is 0.685. The highest BCUT2D eigenvalue weighted by molar-refractivity contribution is 5.71. The topological polar surface area (TPSA) is 26.3 Å². The van der Waals surface area contributed by atoms with E-state index in [1.54, 1.807) is 0 Å². The van der Waals surface area contributed by atoms with Crippen molar-refractivity contribution in [3.8, 4) is 0 Å². The number of hydrogen-bond donors (Lipinski definition) is 0. The van der Waals surface area contributed by atoms with Crippen LogP contribution in [0.25, 0.3) is 0 Å². The van der Waals surface area contributed by atoms with Gasteiger partial charge < -0.3 is 4.74 Å². The van der Waals surface area contributed by atoms with Crippen molar-refractivity contribution >= 4 is 5.97 Å². The Morgan fingerprint density at radius 3 is 1.14 bits per heavy atom. The van der Waals surface area contributed by atoms with Crippen molar-refractivity contribution in [2.24, 2.45) is 11.8 Å². The summed E-state index contributed by atoms with van der Waals surface area (Å²) in [7, 11) is 0. The molecule has 216 valence electrons. The van der Waals surface area contributed by atoms with E-state index in [1.165, 1.54) is 161 Å². The van der Waals surface area contributed by atoms with Gasteiger partial charge in [0.15, 0.2) is 0 Å². The Morgan fingerprint density at radius 2 is 0.778 bits per heavy atom. The fourth-order valence-corrected chi connectivity index (χ4v) is 5.31. The van der Waals surface area contributed by atoms with Crippen molar-refractivity contribution in [1.29, 1.82) is 0 Å². The first kappa shape index (κ1) is 35.5. The molecule has 0 saturated carbocycles. The number of ether oxygens (including phenoxy) is 1. The summed E-state index contributed by atoms with van der Waals surface area (Å²) >= 11 is 0. The number of unbranched alkanes of at least 4 members (excludes halogenated alkanes) is 20. The molecule has 2 atom stereocenters. The summed E-state index contributed by atoms with van der Waals surface area (Å²) in [4.78, 5) is 12.6.